The van der Waals surface area contributed by atoms with E-state index in [-0.39, 0.29) is 27.1 Å². The molecule has 0 unspecified atom stereocenters. The fraction of sp³-hybridized carbons (Fsp3) is 0.125. The number of rotatable bonds is 6. The van der Waals surface area contributed by atoms with Crippen LogP contribution >= 0.6 is 63.7 Å². The molecule has 7 nitrogen and oxygen atoms in total. The lowest BCUT2D eigenvalue weighted by Crippen LogP contribution is -2.24. The predicted octanol–water partition coefficient (Wildman–Crippen LogP) is 4.69. The number of halogens is 4. The standard InChI is InChI=1S/C16H12Br4N2O5/c1-26-11-4-8(17)3-10(19)16(11)27-6-12(23)22-21-5-7-2-9(18)14(24)15(25)13(7)20/h2-5,24-25H,6H2,1H3,(H,22,23)/b21-5-. The summed E-state index contributed by atoms with van der Waals surface area (Å²) >= 11 is 12.9. The van der Waals surface area contributed by atoms with Gasteiger partial charge in [0.15, 0.2) is 29.6 Å². The van der Waals surface area contributed by atoms with E-state index in [1.807, 2.05) is 0 Å². The summed E-state index contributed by atoms with van der Waals surface area (Å²) in [4.78, 5) is 11.9. The minimum Gasteiger partial charge on any atom is -0.503 e. The molecule has 0 saturated heterocycles. The third-order valence-corrected chi connectivity index (χ3v) is 5.61. The van der Waals surface area contributed by atoms with Gasteiger partial charge in [0, 0.05) is 10.0 Å². The molecule has 0 spiro atoms. The Kier molecular flexibility index (Phi) is 7.95. The molecule has 2 aromatic carbocycles. The minimum atomic E-state index is -0.499. The molecule has 0 atom stereocenters. The summed E-state index contributed by atoms with van der Waals surface area (Å²) in [6, 6.07) is 5.00. The van der Waals surface area contributed by atoms with Crippen molar-refractivity contribution in [2.75, 3.05) is 13.7 Å². The molecule has 0 aliphatic carbocycles. The molecule has 0 heterocycles. The number of aromatic hydroxyl groups is 2. The van der Waals surface area contributed by atoms with Crippen molar-refractivity contribution >= 4 is 75.8 Å². The van der Waals surface area contributed by atoms with Crippen molar-refractivity contribution in [2.45, 2.75) is 0 Å². The molecular formula is C16H12Br4N2O5. The third kappa shape index (κ3) is 5.59. The van der Waals surface area contributed by atoms with Crippen LogP contribution in [-0.4, -0.2) is 36.1 Å². The second-order valence-corrected chi connectivity index (χ2v) is 8.38. The molecule has 0 saturated carbocycles. The van der Waals surface area contributed by atoms with Gasteiger partial charge in [-0.3, -0.25) is 4.79 Å². The highest BCUT2D eigenvalue weighted by molar-refractivity contribution is 9.11. The number of nitrogens with one attached hydrogen (secondary N) is 1. The van der Waals surface area contributed by atoms with Gasteiger partial charge in [0.25, 0.3) is 5.91 Å². The van der Waals surface area contributed by atoms with E-state index < -0.39 is 5.91 Å². The van der Waals surface area contributed by atoms with Crippen LogP contribution in [0.2, 0.25) is 0 Å². The first-order valence-corrected chi connectivity index (χ1v) is 10.3. The second-order valence-electron chi connectivity index (χ2n) is 4.96. The van der Waals surface area contributed by atoms with Crippen LogP contribution in [0.15, 0.2) is 41.2 Å². The maximum atomic E-state index is 11.9. The average molecular weight is 632 g/mol. The zero-order valence-corrected chi connectivity index (χ0v) is 19.9. The fourth-order valence-corrected chi connectivity index (χ4v) is 4.03. The zero-order chi connectivity index (χ0) is 20.1. The number of hydrogen-bond acceptors (Lipinski definition) is 6. The van der Waals surface area contributed by atoms with Gasteiger partial charge in [-0.05, 0) is 66.0 Å². The Balaban J connectivity index is 2.01. The van der Waals surface area contributed by atoms with Gasteiger partial charge < -0.3 is 19.7 Å². The van der Waals surface area contributed by atoms with Gasteiger partial charge in [0.05, 0.1) is 26.7 Å². The van der Waals surface area contributed by atoms with Gasteiger partial charge in [-0.1, -0.05) is 15.9 Å². The molecule has 144 valence electrons. The third-order valence-electron chi connectivity index (χ3n) is 3.13. The van der Waals surface area contributed by atoms with Gasteiger partial charge in [0.1, 0.15) is 0 Å². The van der Waals surface area contributed by atoms with Crippen molar-refractivity contribution in [1.29, 1.82) is 0 Å². The van der Waals surface area contributed by atoms with Crippen molar-refractivity contribution in [3.05, 3.63) is 41.7 Å². The van der Waals surface area contributed by atoms with Crippen molar-refractivity contribution in [1.82, 2.24) is 5.43 Å². The van der Waals surface area contributed by atoms with Crippen molar-refractivity contribution in [2.24, 2.45) is 5.10 Å². The summed E-state index contributed by atoms with van der Waals surface area (Å²) in [5.74, 6) is -0.296. The highest BCUT2D eigenvalue weighted by Gasteiger charge is 2.14. The Labute approximate surface area is 188 Å². The highest BCUT2D eigenvalue weighted by Crippen LogP contribution is 2.41. The van der Waals surface area contributed by atoms with Crippen LogP contribution in [0.25, 0.3) is 0 Å². The van der Waals surface area contributed by atoms with Crippen LogP contribution in [0.4, 0.5) is 0 Å². The van der Waals surface area contributed by atoms with Gasteiger partial charge in [-0.15, -0.1) is 0 Å². The number of hydrazone groups is 1. The second kappa shape index (κ2) is 9.76. The highest BCUT2D eigenvalue weighted by atomic mass is 79.9. The number of nitrogens with zero attached hydrogens (tertiary/aromatic N) is 1. The van der Waals surface area contributed by atoms with Crippen molar-refractivity contribution < 1.29 is 24.5 Å². The molecule has 3 N–H and O–H groups in total. The van der Waals surface area contributed by atoms with Crippen LogP contribution in [0.1, 0.15) is 5.56 Å². The van der Waals surface area contributed by atoms with Crippen LogP contribution in [0, 0.1) is 0 Å². The van der Waals surface area contributed by atoms with E-state index >= 15 is 0 Å². The summed E-state index contributed by atoms with van der Waals surface area (Å²) < 4.78 is 12.6. The molecular weight excluding hydrogens is 620 g/mol. The van der Waals surface area contributed by atoms with Crippen LogP contribution in [0.3, 0.4) is 0 Å². The van der Waals surface area contributed by atoms with Gasteiger partial charge >= 0.3 is 0 Å². The van der Waals surface area contributed by atoms with Crippen LogP contribution in [-0.2, 0) is 4.79 Å². The number of ether oxygens (including phenoxy) is 2. The van der Waals surface area contributed by atoms with E-state index in [9.17, 15) is 15.0 Å². The van der Waals surface area contributed by atoms with Crippen LogP contribution < -0.4 is 14.9 Å². The van der Waals surface area contributed by atoms with Gasteiger partial charge in [-0.2, -0.15) is 5.10 Å². The van der Waals surface area contributed by atoms with Gasteiger partial charge in [0.2, 0.25) is 0 Å². The monoisotopic (exact) mass is 628 g/mol. The molecule has 11 heteroatoms. The summed E-state index contributed by atoms with van der Waals surface area (Å²) in [6.07, 6.45) is 1.31. The predicted molar refractivity (Wildman–Crippen MR) is 115 cm³/mol. The summed E-state index contributed by atoms with van der Waals surface area (Å²) in [6.45, 7) is -0.292. The molecule has 0 aromatic heterocycles. The number of hydrogen-bond donors (Lipinski definition) is 3. The number of carbonyl (C=O) groups excluding carboxylic acids is 1. The van der Waals surface area contributed by atoms with Crippen LogP contribution in [0.5, 0.6) is 23.0 Å². The molecule has 2 rings (SSSR count). The van der Waals surface area contributed by atoms with Crippen molar-refractivity contribution in [3.8, 4) is 23.0 Å². The van der Waals surface area contributed by atoms with E-state index in [4.69, 9.17) is 9.47 Å². The first-order chi connectivity index (χ1) is 12.7. The number of phenolic OH excluding ortho intramolecular Hbond substituents is 2. The van der Waals surface area contributed by atoms with E-state index in [2.05, 4.69) is 74.2 Å². The molecule has 0 aliphatic heterocycles. The average Bonchev–Trinajstić information content (AvgIpc) is 2.62. The normalized spacial score (nSPS) is 10.9. The summed E-state index contributed by atoms with van der Waals surface area (Å²) in [7, 11) is 1.49. The molecule has 0 radical (unpaired) electrons. The Hall–Kier alpha value is -1.30. The lowest BCUT2D eigenvalue weighted by molar-refractivity contribution is -0.123. The van der Waals surface area contributed by atoms with Crippen molar-refractivity contribution in [3.63, 3.8) is 0 Å². The quantitative estimate of drug-likeness (QED) is 0.244. The van der Waals surface area contributed by atoms with E-state index in [1.165, 1.54) is 19.4 Å². The SMILES string of the molecule is COc1cc(Br)cc(Br)c1OCC(=O)N/N=C\c1cc(Br)c(O)c(O)c1Br. The topological polar surface area (TPSA) is 100 Å². The zero-order valence-electron chi connectivity index (χ0n) is 13.6. The molecule has 1 amide bonds. The number of methoxy groups -OCH3 is 1. The number of benzene rings is 2. The molecule has 27 heavy (non-hydrogen) atoms. The Morgan fingerprint density at radius 2 is 1.85 bits per heavy atom. The fourth-order valence-electron chi connectivity index (χ4n) is 1.89. The maximum absolute atomic E-state index is 11.9. The van der Waals surface area contributed by atoms with E-state index in [1.54, 1.807) is 12.1 Å². The lowest BCUT2D eigenvalue weighted by Gasteiger charge is -2.12. The summed E-state index contributed by atoms with van der Waals surface area (Å²) in [5, 5.41) is 23.2. The largest absolute Gasteiger partial charge is 0.503 e. The molecule has 0 bridgehead atoms. The maximum Gasteiger partial charge on any atom is 0.277 e. The Bertz CT molecular complexity index is 905. The number of amides is 1. The number of phenols is 2. The first kappa shape index (κ1) is 22.0. The molecule has 0 fully saturated rings. The Morgan fingerprint density at radius 3 is 2.52 bits per heavy atom. The molecule has 0 aliphatic rings. The lowest BCUT2D eigenvalue weighted by atomic mass is 10.2. The molecule has 2 aromatic rings. The minimum absolute atomic E-state index is 0.237. The smallest absolute Gasteiger partial charge is 0.277 e. The van der Waals surface area contributed by atoms with E-state index in [0.29, 0.717) is 21.5 Å². The Morgan fingerprint density at radius 1 is 1.15 bits per heavy atom. The van der Waals surface area contributed by atoms with Gasteiger partial charge in [-0.25, -0.2) is 5.43 Å². The van der Waals surface area contributed by atoms with E-state index in [0.717, 1.165) is 4.47 Å². The summed E-state index contributed by atoms with van der Waals surface area (Å²) in [5.41, 5.74) is 2.75. The number of carbonyl (C=O) groups is 1. The first-order valence-electron chi connectivity index (χ1n) is 7.12.